The highest BCUT2D eigenvalue weighted by molar-refractivity contribution is 7.47. The Morgan fingerprint density at radius 2 is 1.14 bits per heavy atom. The van der Waals surface area contributed by atoms with Gasteiger partial charge in [0, 0.05) is 12.8 Å². The molecule has 3 N–H and O–H groups in total. The highest BCUT2D eigenvalue weighted by Gasteiger charge is 2.27. The fraction of sp³-hybridized carbons (Fsp3) is 0.875. The molecule has 1 unspecified atom stereocenters. The van der Waals surface area contributed by atoms with Crippen molar-refractivity contribution in [2.24, 2.45) is 0 Å². The van der Waals surface area contributed by atoms with Gasteiger partial charge in [-0.15, -0.1) is 0 Å². The lowest BCUT2D eigenvalue weighted by Gasteiger charge is -2.20. The minimum Gasteiger partial charge on any atom is -0.462 e. The van der Waals surface area contributed by atoms with Crippen LogP contribution in [0.4, 0.5) is 0 Å². The van der Waals surface area contributed by atoms with Gasteiger partial charge < -0.3 is 24.6 Å². The predicted octanol–water partition coefficient (Wildman–Crippen LogP) is 7.33. The second-order valence-electron chi connectivity index (χ2n) is 11.2. The lowest BCUT2D eigenvalue weighted by molar-refractivity contribution is -0.161. The van der Waals surface area contributed by atoms with Gasteiger partial charge in [-0.25, -0.2) is 4.57 Å². The SMILES string of the molecule is CCCCCC/C=C/CCCCCCCC(=O)OC[C@@H](COP(=O)(O)OC[C@H](O)CO)OC(=O)CCCCCCCCC. The third-order valence-corrected chi connectivity index (χ3v) is 7.87. The number of phosphoric ester groups is 1. The number of aliphatic hydroxyl groups excluding tert-OH is 2. The van der Waals surface area contributed by atoms with E-state index in [0.29, 0.717) is 12.8 Å². The summed E-state index contributed by atoms with van der Waals surface area (Å²) in [4.78, 5) is 34.5. The first kappa shape index (κ1) is 41.7. The third-order valence-electron chi connectivity index (χ3n) is 6.92. The van der Waals surface area contributed by atoms with Crippen LogP contribution in [0.1, 0.15) is 142 Å². The quantitative estimate of drug-likeness (QED) is 0.0306. The Kier molecular flexibility index (Phi) is 28.5. The van der Waals surface area contributed by atoms with E-state index in [1.807, 2.05) is 0 Å². The van der Waals surface area contributed by atoms with Crippen LogP contribution in [-0.2, 0) is 32.7 Å². The smallest absolute Gasteiger partial charge is 0.462 e. The molecular formula is C32H61O10P. The molecule has 0 aromatic carbocycles. The van der Waals surface area contributed by atoms with Crippen LogP contribution in [0.2, 0.25) is 0 Å². The molecule has 0 aliphatic carbocycles. The van der Waals surface area contributed by atoms with Crippen LogP contribution in [0.5, 0.6) is 0 Å². The Bertz CT molecular complexity index is 746. The van der Waals surface area contributed by atoms with Gasteiger partial charge in [-0.2, -0.15) is 0 Å². The maximum absolute atomic E-state index is 12.4. The summed E-state index contributed by atoms with van der Waals surface area (Å²) in [5.74, 6) is -0.942. The van der Waals surface area contributed by atoms with Crippen molar-refractivity contribution in [2.45, 2.75) is 154 Å². The van der Waals surface area contributed by atoms with Gasteiger partial charge in [-0.3, -0.25) is 18.6 Å². The van der Waals surface area contributed by atoms with Crippen molar-refractivity contribution in [1.29, 1.82) is 0 Å². The summed E-state index contributed by atoms with van der Waals surface area (Å²) in [5, 5.41) is 18.2. The van der Waals surface area contributed by atoms with E-state index in [-0.39, 0.29) is 19.4 Å². The highest BCUT2D eigenvalue weighted by atomic mass is 31.2. The maximum atomic E-state index is 12.4. The van der Waals surface area contributed by atoms with Crippen molar-refractivity contribution in [3.8, 4) is 0 Å². The number of hydrogen-bond donors (Lipinski definition) is 3. The fourth-order valence-corrected chi connectivity index (χ4v) is 5.07. The van der Waals surface area contributed by atoms with Crippen LogP contribution in [0.15, 0.2) is 12.2 Å². The largest absolute Gasteiger partial charge is 0.472 e. The molecule has 0 saturated carbocycles. The van der Waals surface area contributed by atoms with Crippen LogP contribution in [0, 0.1) is 0 Å². The first-order valence-electron chi connectivity index (χ1n) is 16.6. The van der Waals surface area contributed by atoms with Gasteiger partial charge in [0.1, 0.15) is 12.7 Å². The third kappa shape index (κ3) is 29.2. The first-order valence-corrected chi connectivity index (χ1v) is 18.1. The standard InChI is InChI=1S/C32H61O10P/c1-3-5-7-9-11-12-13-14-15-16-18-19-21-23-31(35)39-27-30(28-41-43(37,38)40-26-29(34)25-33)42-32(36)24-22-20-17-10-8-6-4-2/h12-13,29-30,33-34H,3-11,14-28H2,1-2H3,(H,37,38)/b13-12+/t29-,30+/m1/s1. The molecule has 0 aromatic rings. The van der Waals surface area contributed by atoms with Gasteiger partial charge in [0.05, 0.1) is 19.8 Å². The zero-order valence-corrected chi connectivity index (χ0v) is 27.8. The average Bonchev–Trinajstić information content (AvgIpc) is 2.99. The molecule has 0 radical (unpaired) electrons. The number of esters is 2. The number of rotatable bonds is 31. The number of hydrogen-bond acceptors (Lipinski definition) is 9. The number of carbonyl (C=O) groups excluding carboxylic acids is 2. The molecule has 0 spiro atoms. The molecule has 10 nitrogen and oxygen atoms in total. The second-order valence-corrected chi connectivity index (χ2v) is 12.6. The van der Waals surface area contributed by atoms with E-state index >= 15 is 0 Å². The molecule has 0 heterocycles. The minimum atomic E-state index is -4.59. The van der Waals surface area contributed by atoms with Crippen molar-refractivity contribution in [3.63, 3.8) is 0 Å². The Morgan fingerprint density at radius 1 is 0.674 bits per heavy atom. The second kappa shape index (κ2) is 29.4. The molecule has 0 bridgehead atoms. The number of carbonyl (C=O) groups is 2. The molecule has 254 valence electrons. The summed E-state index contributed by atoms with van der Waals surface area (Å²) in [7, 11) is -4.59. The summed E-state index contributed by atoms with van der Waals surface area (Å²) >= 11 is 0. The Hall–Kier alpha value is -1.29. The van der Waals surface area contributed by atoms with Crippen LogP contribution < -0.4 is 0 Å². The number of phosphoric acid groups is 1. The lowest BCUT2D eigenvalue weighted by atomic mass is 10.1. The number of aliphatic hydroxyl groups is 2. The molecule has 11 heteroatoms. The van der Waals surface area contributed by atoms with Crippen LogP contribution in [0.3, 0.4) is 0 Å². The first-order chi connectivity index (χ1) is 20.7. The van der Waals surface area contributed by atoms with Gasteiger partial charge in [-0.05, 0) is 38.5 Å². The Balaban J connectivity index is 4.39. The Morgan fingerprint density at radius 3 is 1.70 bits per heavy atom. The molecular weight excluding hydrogens is 575 g/mol. The van der Waals surface area contributed by atoms with E-state index in [1.54, 1.807) is 0 Å². The molecule has 3 atom stereocenters. The van der Waals surface area contributed by atoms with Gasteiger partial charge in [0.25, 0.3) is 0 Å². The van der Waals surface area contributed by atoms with Crippen LogP contribution >= 0.6 is 7.82 Å². The molecule has 0 rings (SSSR count). The molecule has 0 fully saturated rings. The topological polar surface area (TPSA) is 149 Å². The van der Waals surface area contributed by atoms with Crippen LogP contribution in [0.25, 0.3) is 0 Å². The van der Waals surface area contributed by atoms with Crippen LogP contribution in [-0.4, -0.2) is 65.7 Å². The minimum absolute atomic E-state index is 0.183. The molecule has 0 aliphatic heterocycles. The van der Waals surface area contributed by atoms with E-state index < -0.39 is 51.8 Å². The van der Waals surface area contributed by atoms with E-state index in [4.69, 9.17) is 19.1 Å². The zero-order chi connectivity index (χ0) is 32.0. The summed E-state index contributed by atoms with van der Waals surface area (Å²) in [6, 6.07) is 0. The summed E-state index contributed by atoms with van der Waals surface area (Å²) in [5.41, 5.74) is 0. The van der Waals surface area contributed by atoms with Gasteiger partial charge in [0.2, 0.25) is 0 Å². The monoisotopic (exact) mass is 636 g/mol. The van der Waals surface area contributed by atoms with E-state index in [0.717, 1.165) is 57.8 Å². The maximum Gasteiger partial charge on any atom is 0.472 e. The summed E-state index contributed by atoms with van der Waals surface area (Å²) in [6.45, 7) is 2.27. The van der Waals surface area contributed by atoms with Crippen molar-refractivity contribution < 1.29 is 47.8 Å². The normalized spacial score (nSPS) is 14.4. The fourth-order valence-electron chi connectivity index (χ4n) is 4.28. The van der Waals surface area contributed by atoms with E-state index in [1.165, 1.54) is 44.9 Å². The number of unbranched alkanes of at least 4 members (excludes halogenated alkanes) is 15. The number of allylic oxidation sites excluding steroid dienone is 2. The Labute approximate surface area is 260 Å². The van der Waals surface area contributed by atoms with Gasteiger partial charge in [-0.1, -0.05) is 103 Å². The zero-order valence-electron chi connectivity index (χ0n) is 26.9. The van der Waals surface area contributed by atoms with E-state index in [2.05, 4.69) is 30.5 Å². The highest BCUT2D eigenvalue weighted by Crippen LogP contribution is 2.43. The average molecular weight is 637 g/mol. The summed E-state index contributed by atoms with van der Waals surface area (Å²) in [6.07, 6.45) is 22.1. The predicted molar refractivity (Wildman–Crippen MR) is 168 cm³/mol. The van der Waals surface area contributed by atoms with Gasteiger partial charge in [0.15, 0.2) is 6.10 Å². The molecule has 0 amide bonds. The molecule has 0 aromatic heterocycles. The van der Waals surface area contributed by atoms with Gasteiger partial charge >= 0.3 is 19.8 Å². The van der Waals surface area contributed by atoms with Crippen molar-refractivity contribution in [1.82, 2.24) is 0 Å². The van der Waals surface area contributed by atoms with Crippen molar-refractivity contribution in [3.05, 3.63) is 12.2 Å². The number of ether oxygens (including phenoxy) is 2. The van der Waals surface area contributed by atoms with Crippen molar-refractivity contribution in [2.75, 3.05) is 26.4 Å². The molecule has 0 saturated heterocycles. The molecule has 43 heavy (non-hydrogen) atoms. The van der Waals surface area contributed by atoms with Crippen molar-refractivity contribution >= 4 is 19.8 Å². The van der Waals surface area contributed by atoms with E-state index in [9.17, 15) is 24.2 Å². The lowest BCUT2D eigenvalue weighted by Crippen LogP contribution is -2.29. The summed E-state index contributed by atoms with van der Waals surface area (Å²) < 4.78 is 32.3. The molecule has 0 aliphatic rings.